The third-order valence-electron chi connectivity index (χ3n) is 3.33. The Kier molecular flexibility index (Phi) is 2.68. The molecule has 3 atom stereocenters. The third kappa shape index (κ3) is 2.26. The summed E-state index contributed by atoms with van der Waals surface area (Å²) in [5.74, 6) is 1.57. The van der Waals surface area contributed by atoms with Gasteiger partial charge in [-0.15, -0.1) is 11.3 Å². The fourth-order valence-corrected chi connectivity index (χ4v) is 3.14. The van der Waals surface area contributed by atoms with Gasteiger partial charge in [-0.1, -0.05) is 27.7 Å². The highest BCUT2D eigenvalue weighted by atomic mass is 32.1. The van der Waals surface area contributed by atoms with Gasteiger partial charge in [0.2, 0.25) is 0 Å². The van der Waals surface area contributed by atoms with Gasteiger partial charge in [0.1, 0.15) is 0 Å². The lowest BCUT2D eigenvalue weighted by molar-refractivity contribution is 0.601. The summed E-state index contributed by atoms with van der Waals surface area (Å²) in [6.07, 6.45) is 1.31. The van der Waals surface area contributed by atoms with Crippen LogP contribution in [0.5, 0.6) is 0 Å². The number of hydrogen-bond acceptors (Lipinski definition) is 2. The normalized spacial score (nSPS) is 27.8. The lowest BCUT2D eigenvalue weighted by Crippen LogP contribution is -2.12. The van der Waals surface area contributed by atoms with Crippen LogP contribution in [0.2, 0.25) is 0 Å². The van der Waals surface area contributed by atoms with Crippen LogP contribution in [-0.4, -0.2) is 0 Å². The van der Waals surface area contributed by atoms with Crippen molar-refractivity contribution in [2.75, 3.05) is 0 Å². The van der Waals surface area contributed by atoms with Gasteiger partial charge in [0.15, 0.2) is 0 Å². The number of hydrogen-bond donors (Lipinski definition) is 1. The summed E-state index contributed by atoms with van der Waals surface area (Å²) in [7, 11) is 0. The second-order valence-corrected chi connectivity index (χ2v) is 6.97. The van der Waals surface area contributed by atoms with Crippen LogP contribution in [0.4, 0.5) is 0 Å². The molecule has 15 heavy (non-hydrogen) atoms. The van der Waals surface area contributed by atoms with Crippen LogP contribution < -0.4 is 5.73 Å². The second-order valence-electron chi connectivity index (χ2n) is 5.85. The molecule has 0 radical (unpaired) electrons. The minimum atomic E-state index is 0.262. The number of nitrogens with two attached hydrogens (primary N) is 1. The summed E-state index contributed by atoms with van der Waals surface area (Å²) in [6.45, 7) is 9.07. The molecule has 0 saturated heterocycles. The van der Waals surface area contributed by atoms with Crippen LogP contribution in [0, 0.1) is 11.8 Å². The topological polar surface area (TPSA) is 26.0 Å². The maximum atomic E-state index is 6.26. The van der Waals surface area contributed by atoms with Gasteiger partial charge in [-0.05, 0) is 35.8 Å². The number of thiophene rings is 1. The average Bonchev–Trinajstić information content (AvgIpc) is 2.68. The Morgan fingerprint density at radius 1 is 1.40 bits per heavy atom. The minimum absolute atomic E-state index is 0.262. The highest BCUT2D eigenvalue weighted by Crippen LogP contribution is 2.47. The molecule has 3 unspecified atom stereocenters. The van der Waals surface area contributed by atoms with E-state index in [0.29, 0.717) is 0 Å². The Hall–Kier alpha value is -0.340. The molecule has 1 nitrogen and oxygen atoms in total. The van der Waals surface area contributed by atoms with E-state index < -0.39 is 0 Å². The summed E-state index contributed by atoms with van der Waals surface area (Å²) >= 11 is 1.89. The first-order chi connectivity index (χ1) is 6.89. The van der Waals surface area contributed by atoms with Crippen LogP contribution in [0.25, 0.3) is 0 Å². The molecule has 1 aromatic rings. The zero-order valence-corrected chi connectivity index (χ0v) is 10.9. The Morgan fingerprint density at radius 2 is 2.00 bits per heavy atom. The summed E-state index contributed by atoms with van der Waals surface area (Å²) in [5.41, 5.74) is 6.52. The van der Waals surface area contributed by atoms with Crippen LogP contribution >= 0.6 is 11.3 Å². The molecule has 0 bridgehead atoms. The van der Waals surface area contributed by atoms with Crippen molar-refractivity contribution in [3.8, 4) is 0 Å². The molecule has 2 N–H and O–H groups in total. The first kappa shape index (κ1) is 11.2. The van der Waals surface area contributed by atoms with Crippen molar-refractivity contribution >= 4 is 11.3 Å². The molecular weight excluding hydrogens is 202 g/mol. The molecule has 1 aliphatic carbocycles. The largest absolute Gasteiger partial charge is 0.323 e. The van der Waals surface area contributed by atoms with Crippen LogP contribution in [0.3, 0.4) is 0 Å². The first-order valence-corrected chi connectivity index (χ1v) is 6.57. The van der Waals surface area contributed by atoms with E-state index in [1.165, 1.54) is 16.2 Å². The van der Waals surface area contributed by atoms with Crippen molar-refractivity contribution in [3.63, 3.8) is 0 Å². The molecular formula is C13H21NS. The monoisotopic (exact) mass is 223 g/mol. The van der Waals surface area contributed by atoms with Crippen molar-refractivity contribution < 1.29 is 0 Å². The van der Waals surface area contributed by atoms with Crippen molar-refractivity contribution in [2.45, 2.75) is 45.6 Å². The summed E-state index contributed by atoms with van der Waals surface area (Å²) in [6, 6.07) is 4.74. The predicted octanol–water partition coefficient (Wildman–Crippen LogP) is 3.70. The average molecular weight is 223 g/mol. The standard InChI is InChI=1S/C13H21NS/c1-8-7-9(8)12(14)10-5-6-11(15-10)13(2,3)4/h5-6,8-9,12H,7,14H2,1-4H3. The SMILES string of the molecule is CC1CC1C(N)c1ccc(C(C)(C)C)s1. The lowest BCUT2D eigenvalue weighted by Gasteiger charge is -2.15. The smallest absolute Gasteiger partial charge is 0.0421 e. The fourth-order valence-electron chi connectivity index (χ4n) is 2.00. The van der Waals surface area contributed by atoms with Crippen molar-refractivity contribution in [3.05, 3.63) is 21.9 Å². The molecule has 2 rings (SSSR count). The van der Waals surface area contributed by atoms with Crippen LogP contribution in [-0.2, 0) is 5.41 Å². The Labute approximate surface area is 96.7 Å². The lowest BCUT2D eigenvalue weighted by atomic mass is 9.95. The van der Waals surface area contributed by atoms with E-state index in [-0.39, 0.29) is 11.5 Å². The molecule has 0 spiro atoms. The fraction of sp³-hybridized carbons (Fsp3) is 0.692. The molecule has 0 amide bonds. The van der Waals surface area contributed by atoms with Gasteiger partial charge >= 0.3 is 0 Å². The van der Waals surface area contributed by atoms with E-state index >= 15 is 0 Å². The van der Waals surface area contributed by atoms with Crippen molar-refractivity contribution in [1.29, 1.82) is 0 Å². The number of rotatable bonds is 2. The molecule has 84 valence electrons. The second kappa shape index (κ2) is 3.60. The highest BCUT2D eigenvalue weighted by molar-refractivity contribution is 7.12. The van der Waals surface area contributed by atoms with Gasteiger partial charge in [0.25, 0.3) is 0 Å². The van der Waals surface area contributed by atoms with Gasteiger partial charge in [-0.3, -0.25) is 0 Å². The minimum Gasteiger partial charge on any atom is -0.323 e. The summed E-state index contributed by atoms with van der Waals surface area (Å²) in [4.78, 5) is 2.82. The molecule has 1 fully saturated rings. The molecule has 2 heteroatoms. The Balaban J connectivity index is 2.13. The van der Waals surface area contributed by atoms with Gasteiger partial charge in [-0.25, -0.2) is 0 Å². The zero-order chi connectivity index (χ0) is 11.2. The molecule has 0 aliphatic heterocycles. The van der Waals surface area contributed by atoms with E-state index in [9.17, 15) is 0 Å². The molecule has 0 aromatic carbocycles. The molecule has 1 aromatic heterocycles. The van der Waals surface area contributed by atoms with E-state index in [2.05, 4.69) is 39.8 Å². The third-order valence-corrected chi connectivity index (χ3v) is 4.94. The Bertz CT molecular complexity index is 348. The molecule has 1 heterocycles. The van der Waals surface area contributed by atoms with E-state index in [4.69, 9.17) is 5.73 Å². The molecule has 1 saturated carbocycles. The van der Waals surface area contributed by atoms with Gasteiger partial charge < -0.3 is 5.73 Å². The van der Waals surface area contributed by atoms with E-state index in [1.54, 1.807) is 0 Å². The van der Waals surface area contributed by atoms with Gasteiger partial charge in [0.05, 0.1) is 0 Å². The molecule has 1 aliphatic rings. The quantitative estimate of drug-likeness (QED) is 0.813. The summed E-state index contributed by atoms with van der Waals surface area (Å²) in [5, 5.41) is 0. The zero-order valence-electron chi connectivity index (χ0n) is 10.1. The predicted molar refractivity (Wildman–Crippen MR) is 67.2 cm³/mol. The van der Waals surface area contributed by atoms with E-state index in [1.807, 2.05) is 11.3 Å². The van der Waals surface area contributed by atoms with Gasteiger partial charge in [0, 0.05) is 15.8 Å². The maximum Gasteiger partial charge on any atom is 0.0421 e. The van der Waals surface area contributed by atoms with Gasteiger partial charge in [-0.2, -0.15) is 0 Å². The highest BCUT2D eigenvalue weighted by Gasteiger charge is 2.39. The summed E-state index contributed by atoms with van der Waals surface area (Å²) < 4.78 is 0. The van der Waals surface area contributed by atoms with Crippen molar-refractivity contribution in [1.82, 2.24) is 0 Å². The van der Waals surface area contributed by atoms with Crippen LogP contribution in [0.1, 0.15) is 49.9 Å². The van der Waals surface area contributed by atoms with E-state index in [0.717, 1.165) is 11.8 Å². The first-order valence-electron chi connectivity index (χ1n) is 5.75. The van der Waals surface area contributed by atoms with Crippen molar-refractivity contribution in [2.24, 2.45) is 17.6 Å². The maximum absolute atomic E-state index is 6.26. The van der Waals surface area contributed by atoms with Crippen LogP contribution in [0.15, 0.2) is 12.1 Å². The Morgan fingerprint density at radius 3 is 2.40 bits per heavy atom.